The van der Waals surface area contributed by atoms with E-state index in [1.807, 2.05) is 24.3 Å². The molecule has 1 aliphatic heterocycles. The second-order valence-corrected chi connectivity index (χ2v) is 10.1. The Hall–Kier alpha value is -3.59. The van der Waals surface area contributed by atoms with Crippen LogP contribution in [-0.4, -0.2) is 26.5 Å². The van der Waals surface area contributed by atoms with Gasteiger partial charge in [0.1, 0.15) is 12.4 Å². The monoisotopic (exact) mass is 553 g/mol. The molecule has 10 heteroatoms. The molecule has 0 bridgehead atoms. The lowest BCUT2D eigenvalue weighted by molar-refractivity contribution is -0.123. The van der Waals surface area contributed by atoms with Crippen molar-refractivity contribution >= 4 is 74.7 Å². The Labute approximate surface area is 225 Å². The van der Waals surface area contributed by atoms with Crippen LogP contribution in [0.4, 0.5) is 14.9 Å². The zero-order valence-corrected chi connectivity index (χ0v) is 21.4. The second kappa shape index (κ2) is 10.4. The van der Waals surface area contributed by atoms with Gasteiger partial charge in [-0.15, -0.1) is 0 Å². The van der Waals surface area contributed by atoms with Crippen molar-refractivity contribution < 1.29 is 18.8 Å². The fraction of sp³-hybridized carbons (Fsp3) is 0.0741. The fourth-order valence-corrected chi connectivity index (χ4v) is 5.37. The lowest BCUT2D eigenvalue weighted by atomic mass is 10.1. The summed E-state index contributed by atoms with van der Waals surface area (Å²) in [5.74, 6) is -1.13. The van der Waals surface area contributed by atoms with Gasteiger partial charge < -0.3 is 9.88 Å². The molecule has 0 radical (unpaired) electrons. The average molecular weight is 554 g/mol. The van der Waals surface area contributed by atoms with Crippen molar-refractivity contribution in [3.05, 3.63) is 105 Å². The predicted octanol–water partition coefficient (Wildman–Crippen LogP) is 6.96. The minimum absolute atomic E-state index is 0.00177. The van der Waals surface area contributed by atoms with E-state index in [9.17, 15) is 18.8 Å². The number of hydrogen-bond acceptors (Lipinski definition) is 4. The third kappa shape index (κ3) is 5.27. The highest BCUT2D eigenvalue weighted by Gasteiger charge is 2.36. The molecule has 1 aliphatic rings. The van der Waals surface area contributed by atoms with E-state index in [0.717, 1.165) is 27.6 Å². The maximum atomic E-state index is 13.2. The second-order valence-electron chi connectivity index (χ2n) is 8.25. The summed E-state index contributed by atoms with van der Waals surface area (Å²) in [6, 6.07) is 17.9. The number of aromatic nitrogens is 1. The summed E-state index contributed by atoms with van der Waals surface area (Å²) in [7, 11) is 0. The van der Waals surface area contributed by atoms with Gasteiger partial charge in [-0.2, -0.15) is 0 Å². The number of halogens is 3. The molecule has 1 fully saturated rings. The molecule has 37 heavy (non-hydrogen) atoms. The maximum Gasteiger partial charge on any atom is 0.293 e. The lowest BCUT2D eigenvalue weighted by Crippen LogP contribution is -2.27. The Morgan fingerprint density at radius 3 is 2.41 bits per heavy atom. The summed E-state index contributed by atoms with van der Waals surface area (Å²) >= 11 is 13.3. The van der Waals surface area contributed by atoms with Crippen LogP contribution < -0.4 is 5.32 Å². The largest absolute Gasteiger partial charge is 0.337 e. The molecule has 3 amide bonds. The zero-order valence-electron chi connectivity index (χ0n) is 19.1. The van der Waals surface area contributed by atoms with Crippen LogP contribution in [0.25, 0.3) is 17.0 Å². The number of carbonyl (C=O) groups excluding carboxylic acids is 3. The molecule has 2 heterocycles. The number of hydrogen-bond donors (Lipinski definition) is 1. The third-order valence-corrected chi connectivity index (χ3v) is 7.42. The van der Waals surface area contributed by atoms with E-state index < -0.39 is 17.0 Å². The first-order chi connectivity index (χ1) is 17.8. The number of nitrogens with zero attached hydrogens (tertiary/aromatic N) is 2. The first-order valence-corrected chi connectivity index (χ1v) is 12.7. The van der Waals surface area contributed by atoms with Gasteiger partial charge in [0.15, 0.2) is 0 Å². The van der Waals surface area contributed by atoms with Crippen LogP contribution in [0.5, 0.6) is 0 Å². The molecule has 4 aromatic rings. The van der Waals surface area contributed by atoms with Gasteiger partial charge >= 0.3 is 0 Å². The maximum absolute atomic E-state index is 13.2. The molecule has 0 spiro atoms. The van der Waals surface area contributed by atoms with Crippen molar-refractivity contribution in [1.82, 2.24) is 9.47 Å². The van der Waals surface area contributed by atoms with Crippen molar-refractivity contribution in [3.63, 3.8) is 0 Å². The summed E-state index contributed by atoms with van der Waals surface area (Å²) < 4.78 is 14.9. The molecule has 1 aromatic heterocycles. The van der Waals surface area contributed by atoms with Crippen LogP contribution in [0.3, 0.4) is 0 Å². The summed E-state index contributed by atoms with van der Waals surface area (Å²) in [6.07, 6.45) is 3.41. The normalized spacial score (nSPS) is 14.7. The number of amides is 3. The van der Waals surface area contributed by atoms with E-state index in [1.54, 1.807) is 35.0 Å². The Bertz CT molecular complexity index is 1560. The highest BCUT2D eigenvalue weighted by Crippen LogP contribution is 2.36. The van der Waals surface area contributed by atoms with Crippen LogP contribution in [0.15, 0.2) is 77.8 Å². The fourth-order valence-electron chi connectivity index (χ4n) is 4.03. The van der Waals surface area contributed by atoms with Crippen LogP contribution >= 0.6 is 35.0 Å². The van der Waals surface area contributed by atoms with Gasteiger partial charge in [0.05, 0.1) is 11.4 Å². The predicted molar refractivity (Wildman–Crippen MR) is 145 cm³/mol. The molecule has 0 atom stereocenters. The van der Waals surface area contributed by atoms with Gasteiger partial charge in [-0.05, 0) is 60.3 Å². The molecule has 3 aromatic carbocycles. The van der Waals surface area contributed by atoms with Gasteiger partial charge in [0.25, 0.3) is 11.1 Å². The van der Waals surface area contributed by atoms with Gasteiger partial charge in [0.2, 0.25) is 5.91 Å². The van der Waals surface area contributed by atoms with Crippen molar-refractivity contribution in [1.29, 1.82) is 0 Å². The standard InChI is InChI=1S/C27H18Cl2FN3O3S/c28-21-5-3-6-22(29)20(21)14-33-26(35)24(37-27(33)36)12-16-13-32(23-7-2-1-4-19(16)23)15-25(34)31-18-10-8-17(30)9-11-18/h1-13H,14-15H2,(H,31,34)/b24-12-. The van der Waals surface area contributed by atoms with Crippen LogP contribution in [-0.2, 0) is 22.7 Å². The Kier molecular flexibility index (Phi) is 7.06. The molecule has 1 saturated heterocycles. The highest BCUT2D eigenvalue weighted by molar-refractivity contribution is 8.18. The number of thioether (sulfide) groups is 1. The molecule has 5 rings (SSSR count). The topological polar surface area (TPSA) is 71.4 Å². The van der Waals surface area contributed by atoms with Crippen LogP contribution in [0.2, 0.25) is 10.0 Å². The molecule has 0 saturated carbocycles. The Balaban J connectivity index is 1.40. The lowest BCUT2D eigenvalue weighted by Gasteiger charge is -2.14. The van der Waals surface area contributed by atoms with Gasteiger partial charge in [-0.3, -0.25) is 19.3 Å². The van der Waals surface area contributed by atoms with Crippen LogP contribution in [0, 0.1) is 5.82 Å². The van der Waals surface area contributed by atoms with Gasteiger partial charge in [-0.1, -0.05) is 47.5 Å². The highest BCUT2D eigenvalue weighted by atomic mass is 35.5. The van der Waals surface area contributed by atoms with E-state index in [2.05, 4.69) is 5.32 Å². The van der Waals surface area contributed by atoms with E-state index >= 15 is 0 Å². The molecule has 6 nitrogen and oxygen atoms in total. The van der Waals surface area contributed by atoms with E-state index in [1.165, 1.54) is 24.3 Å². The summed E-state index contributed by atoms with van der Waals surface area (Å²) in [5.41, 5.74) is 2.45. The van der Waals surface area contributed by atoms with Gasteiger partial charge in [-0.25, -0.2) is 4.39 Å². The number of carbonyl (C=O) groups is 3. The summed E-state index contributed by atoms with van der Waals surface area (Å²) in [6.45, 7) is -0.0377. The SMILES string of the molecule is O=C(Cn1cc(/C=C2\SC(=O)N(Cc3c(Cl)cccc3Cl)C2=O)c2ccccc21)Nc1ccc(F)cc1. The quantitative estimate of drug-likeness (QED) is 0.262. The molecule has 0 aliphatic carbocycles. The van der Waals surface area contributed by atoms with E-state index in [-0.39, 0.29) is 23.9 Å². The van der Waals surface area contributed by atoms with Crippen molar-refractivity contribution in [3.8, 4) is 0 Å². The van der Waals surface area contributed by atoms with Crippen LogP contribution in [0.1, 0.15) is 11.1 Å². The Morgan fingerprint density at radius 1 is 0.973 bits per heavy atom. The molecule has 186 valence electrons. The van der Waals surface area contributed by atoms with Gasteiger partial charge in [0, 0.05) is 44.0 Å². The minimum atomic E-state index is -0.447. The van der Waals surface area contributed by atoms with Crippen molar-refractivity contribution in [2.24, 2.45) is 0 Å². The summed E-state index contributed by atoms with van der Waals surface area (Å²) in [5, 5.41) is 3.88. The number of anilines is 1. The van der Waals surface area contributed by atoms with Crippen molar-refractivity contribution in [2.45, 2.75) is 13.1 Å². The molecular weight excluding hydrogens is 536 g/mol. The number of para-hydroxylation sites is 1. The van der Waals surface area contributed by atoms with Crippen molar-refractivity contribution in [2.75, 3.05) is 5.32 Å². The Morgan fingerprint density at radius 2 is 1.68 bits per heavy atom. The first-order valence-electron chi connectivity index (χ1n) is 11.1. The minimum Gasteiger partial charge on any atom is -0.337 e. The number of rotatable bonds is 6. The third-order valence-electron chi connectivity index (χ3n) is 5.80. The van der Waals surface area contributed by atoms with E-state index in [4.69, 9.17) is 23.2 Å². The van der Waals surface area contributed by atoms with E-state index in [0.29, 0.717) is 26.9 Å². The average Bonchev–Trinajstić information content (AvgIpc) is 3.34. The first kappa shape index (κ1) is 25.1. The zero-order chi connectivity index (χ0) is 26.1. The number of nitrogens with one attached hydrogen (secondary N) is 1. The number of fused-ring (bicyclic) bond motifs is 1. The molecule has 1 N–H and O–H groups in total. The number of imide groups is 1. The summed E-state index contributed by atoms with van der Waals surface area (Å²) in [4.78, 5) is 39.8. The number of benzene rings is 3. The molecule has 0 unspecified atom stereocenters. The smallest absolute Gasteiger partial charge is 0.293 e. The molecular formula is C27H18Cl2FN3O3S.